The van der Waals surface area contributed by atoms with Gasteiger partial charge in [0, 0.05) is 9.90 Å². The van der Waals surface area contributed by atoms with Gasteiger partial charge in [0.25, 0.3) is 5.91 Å². The fourth-order valence-corrected chi connectivity index (χ4v) is 6.33. The van der Waals surface area contributed by atoms with Crippen LogP contribution in [0, 0.1) is 17.2 Å². The number of aromatic nitrogens is 3. The number of carbonyl (C=O) groups excluding carboxylic acids is 2. The van der Waals surface area contributed by atoms with E-state index in [4.69, 9.17) is 23.2 Å². The number of hydrogen-bond donors (Lipinski definition) is 3. The quantitative estimate of drug-likeness (QED) is 0.299. The molecule has 3 N–H and O–H groups in total. The number of aryl methyl sites for hydroxylation is 1. The minimum atomic E-state index is -0.449. The van der Waals surface area contributed by atoms with Crippen LogP contribution >= 0.6 is 46.3 Å². The first kappa shape index (κ1) is 26.5. The number of thioether (sulfide) groups is 1. The van der Waals surface area contributed by atoms with E-state index in [1.165, 1.54) is 34.0 Å². The van der Waals surface area contributed by atoms with E-state index in [9.17, 15) is 14.9 Å². The molecule has 12 heteroatoms. The number of benzene rings is 1. The normalized spacial score (nSPS) is 13.7. The summed E-state index contributed by atoms with van der Waals surface area (Å²) in [6, 6.07) is 6.49. The van der Waals surface area contributed by atoms with Crippen LogP contribution in [0.25, 0.3) is 0 Å². The van der Waals surface area contributed by atoms with E-state index >= 15 is 0 Å². The molecule has 0 saturated heterocycles. The first-order chi connectivity index (χ1) is 17.3. The Balaban J connectivity index is 1.38. The van der Waals surface area contributed by atoms with Gasteiger partial charge in [-0.25, -0.2) is 4.98 Å². The number of rotatable bonds is 8. The number of aromatic amines is 1. The Bertz CT molecular complexity index is 1330. The van der Waals surface area contributed by atoms with Gasteiger partial charge in [-0.15, -0.1) is 16.4 Å². The lowest BCUT2D eigenvalue weighted by Crippen LogP contribution is -2.32. The molecule has 1 atom stereocenters. The Labute approximate surface area is 227 Å². The molecule has 2 heterocycles. The summed E-state index contributed by atoms with van der Waals surface area (Å²) in [6.07, 6.45) is 4.02. The van der Waals surface area contributed by atoms with E-state index in [0.29, 0.717) is 32.1 Å². The van der Waals surface area contributed by atoms with Gasteiger partial charge < -0.3 is 10.6 Å². The highest BCUT2D eigenvalue weighted by Crippen LogP contribution is 2.37. The third-order valence-electron chi connectivity index (χ3n) is 5.77. The highest BCUT2D eigenvalue weighted by atomic mass is 35.5. The molecule has 1 aromatic carbocycles. The molecule has 4 rings (SSSR count). The Morgan fingerprint density at radius 3 is 2.78 bits per heavy atom. The molecule has 1 aliphatic carbocycles. The van der Waals surface area contributed by atoms with Gasteiger partial charge in [-0.2, -0.15) is 5.26 Å². The molecular formula is C24H24Cl2N6O2S2. The van der Waals surface area contributed by atoms with Crippen LogP contribution in [-0.2, 0) is 17.6 Å². The maximum atomic E-state index is 12.8. The molecule has 0 fully saturated rings. The molecule has 2 amide bonds. The summed E-state index contributed by atoms with van der Waals surface area (Å²) >= 11 is 14.8. The maximum Gasteiger partial charge on any atom is 0.253 e. The highest BCUT2D eigenvalue weighted by Gasteiger charge is 2.25. The molecule has 8 nitrogen and oxygen atoms in total. The van der Waals surface area contributed by atoms with Gasteiger partial charge in [-0.1, -0.05) is 48.8 Å². The zero-order chi connectivity index (χ0) is 25.8. The number of anilines is 1. The Hall–Kier alpha value is -2.58. The fraction of sp³-hybridized carbons (Fsp3) is 0.375. The predicted octanol–water partition coefficient (Wildman–Crippen LogP) is 5.78. The van der Waals surface area contributed by atoms with Crippen molar-refractivity contribution < 1.29 is 9.59 Å². The smallest absolute Gasteiger partial charge is 0.253 e. The molecule has 0 bridgehead atoms. The number of nitrogens with one attached hydrogen (secondary N) is 3. The molecular weight excluding hydrogens is 539 g/mol. The molecule has 0 spiro atoms. The lowest BCUT2D eigenvalue weighted by molar-refractivity contribution is -0.113. The van der Waals surface area contributed by atoms with Crippen molar-refractivity contribution in [1.82, 2.24) is 20.5 Å². The molecule has 0 radical (unpaired) electrons. The average Bonchev–Trinajstić information content (AvgIpc) is 3.44. The monoisotopic (exact) mass is 562 g/mol. The van der Waals surface area contributed by atoms with Crippen LogP contribution in [0.1, 0.15) is 64.9 Å². The summed E-state index contributed by atoms with van der Waals surface area (Å²) in [5, 5.41) is 24.2. The summed E-state index contributed by atoms with van der Waals surface area (Å²) in [5.74, 6) is -0.0173. The SMILES string of the molecule is CC(C)[C@H](NC(=O)c1ccc(Cl)cc1Cl)c1nc(SCC(=O)Nc2sc3c(c2C#N)CCCC3)n[nH]1. The van der Waals surface area contributed by atoms with Gasteiger partial charge in [0.05, 0.1) is 27.9 Å². The standard InChI is InChI=1S/C24H24Cl2N6O2S2/c1-12(2)20(29-22(34)15-8-7-13(25)9-17(15)26)21-30-24(32-31-21)35-11-19(33)28-23-16(10-27)14-5-3-4-6-18(14)36-23/h7-9,12,20H,3-6,11H2,1-2H3,(H,28,33)(H,29,34)(H,30,31,32)/t20-/m0/s1. The van der Waals surface area contributed by atoms with Crippen molar-refractivity contribution in [3.63, 3.8) is 0 Å². The van der Waals surface area contributed by atoms with Gasteiger partial charge >= 0.3 is 0 Å². The molecule has 0 aliphatic heterocycles. The zero-order valence-corrected chi connectivity index (χ0v) is 22.8. The number of H-pyrrole nitrogens is 1. The van der Waals surface area contributed by atoms with Crippen LogP contribution in [0.4, 0.5) is 5.00 Å². The number of thiophene rings is 1. The fourth-order valence-electron chi connectivity index (χ4n) is 3.97. The molecule has 1 aliphatic rings. The number of nitriles is 1. The van der Waals surface area contributed by atoms with Crippen LogP contribution in [0.5, 0.6) is 0 Å². The molecule has 0 unspecified atom stereocenters. The zero-order valence-electron chi connectivity index (χ0n) is 19.7. The lowest BCUT2D eigenvalue weighted by atomic mass is 9.96. The largest absolute Gasteiger partial charge is 0.342 e. The lowest BCUT2D eigenvalue weighted by Gasteiger charge is -2.20. The first-order valence-corrected chi connectivity index (χ1v) is 14.0. The Morgan fingerprint density at radius 1 is 1.28 bits per heavy atom. The van der Waals surface area contributed by atoms with Crippen LogP contribution in [0.15, 0.2) is 23.4 Å². The number of hydrogen-bond acceptors (Lipinski definition) is 7. The predicted molar refractivity (Wildman–Crippen MR) is 143 cm³/mol. The average molecular weight is 564 g/mol. The number of carbonyl (C=O) groups is 2. The van der Waals surface area contributed by atoms with Gasteiger partial charge in [0.1, 0.15) is 16.9 Å². The second-order valence-electron chi connectivity index (χ2n) is 8.69. The summed E-state index contributed by atoms with van der Waals surface area (Å²) in [5.41, 5.74) is 1.98. The van der Waals surface area contributed by atoms with Crippen molar-refractivity contribution in [2.24, 2.45) is 5.92 Å². The number of nitrogens with zero attached hydrogens (tertiary/aromatic N) is 3. The summed E-state index contributed by atoms with van der Waals surface area (Å²) in [4.78, 5) is 31.1. The van der Waals surface area contributed by atoms with Crippen LogP contribution in [0.2, 0.25) is 10.0 Å². The van der Waals surface area contributed by atoms with Crippen LogP contribution < -0.4 is 10.6 Å². The summed E-state index contributed by atoms with van der Waals surface area (Å²) < 4.78 is 0. The molecule has 0 saturated carbocycles. The Morgan fingerprint density at radius 2 is 2.06 bits per heavy atom. The van der Waals surface area contributed by atoms with Gasteiger partial charge in [0.15, 0.2) is 0 Å². The van der Waals surface area contributed by atoms with Crippen molar-refractivity contribution in [3.05, 3.63) is 55.6 Å². The van der Waals surface area contributed by atoms with Crippen molar-refractivity contribution in [1.29, 1.82) is 5.26 Å². The van der Waals surface area contributed by atoms with E-state index in [0.717, 1.165) is 31.2 Å². The molecule has 2 aromatic heterocycles. The second kappa shape index (κ2) is 11.6. The van der Waals surface area contributed by atoms with E-state index < -0.39 is 6.04 Å². The van der Waals surface area contributed by atoms with Crippen molar-refractivity contribution in [3.8, 4) is 6.07 Å². The van der Waals surface area contributed by atoms with E-state index in [2.05, 4.69) is 31.9 Å². The maximum absolute atomic E-state index is 12.8. The third kappa shape index (κ3) is 6.03. The minimum absolute atomic E-state index is 0.00314. The Kier molecular flexibility index (Phi) is 8.57. The second-order valence-corrected chi connectivity index (χ2v) is 11.6. The molecule has 3 aromatic rings. The minimum Gasteiger partial charge on any atom is -0.342 e. The van der Waals surface area contributed by atoms with Crippen LogP contribution in [0.3, 0.4) is 0 Å². The van der Waals surface area contributed by atoms with Crippen LogP contribution in [-0.4, -0.2) is 32.7 Å². The summed E-state index contributed by atoms with van der Waals surface area (Å²) in [6.45, 7) is 3.90. The van der Waals surface area contributed by atoms with Gasteiger partial charge in [0.2, 0.25) is 11.1 Å². The molecule has 188 valence electrons. The van der Waals surface area contributed by atoms with Crippen molar-refractivity contribution in [2.75, 3.05) is 11.1 Å². The van der Waals surface area contributed by atoms with E-state index in [1.54, 1.807) is 12.1 Å². The topological polar surface area (TPSA) is 124 Å². The van der Waals surface area contributed by atoms with Gasteiger partial charge in [-0.05, 0) is 55.4 Å². The van der Waals surface area contributed by atoms with E-state index in [-0.39, 0.29) is 28.5 Å². The van der Waals surface area contributed by atoms with E-state index in [1.807, 2.05) is 13.8 Å². The van der Waals surface area contributed by atoms with Crippen molar-refractivity contribution >= 4 is 63.1 Å². The van der Waals surface area contributed by atoms with Gasteiger partial charge in [-0.3, -0.25) is 14.7 Å². The first-order valence-electron chi connectivity index (χ1n) is 11.4. The number of halogens is 2. The number of fused-ring (bicyclic) bond motifs is 1. The number of amides is 2. The molecule has 36 heavy (non-hydrogen) atoms. The third-order valence-corrected chi connectivity index (χ3v) is 8.38. The summed E-state index contributed by atoms with van der Waals surface area (Å²) in [7, 11) is 0. The van der Waals surface area contributed by atoms with Crippen molar-refractivity contribution in [2.45, 2.75) is 50.7 Å². The highest BCUT2D eigenvalue weighted by molar-refractivity contribution is 7.99.